The Labute approximate surface area is 141 Å². The molecule has 7 heteroatoms. The molecular formula is C17H19FN2O3S. The van der Waals surface area contributed by atoms with E-state index in [1.165, 1.54) is 19.1 Å². The summed E-state index contributed by atoms with van der Waals surface area (Å²) in [6.07, 6.45) is 1.01. The van der Waals surface area contributed by atoms with Gasteiger partial charge in [-0.3, -0.25) is 9.10 Å². The molecule has 24 heavy (non-hydrogen) atoms. The molecule has 0 spiro atoms. The van der Waals surface area contributed by atoms with Crippen LogP contribution in [0.4, 0.5) is 15.8 Å². The fourth-order valence-electron chi connectivity index (χ4n) is 2.28. The first-order valence-electron chi connectivity index (χ1n) is 7.31. The van der Waals surface area contributed by atoms with Gasteiger partial charge in [-0.25, -0.2) is 12.8 Å². The van der Waals surface area contributed by atoms with Gasteiger partial charge in [-0.05, 0) is 50.2 Å². The van der Waals surface area contributed by atoms with Crippen LogP contribution in [-0.4, -0.2) is 26.6 Å². The smallest absolute Gasteiger partial charge is 0.247 e. The fourth-order valence-corrected chi connectivity index (χ4v) is 3.46. The molecule has 0 fully saturated rings. The molecule has 1 unspecified atom stereocenters. The third-order valence-corrected chi connectivity index (χ3v) is 4.73. The lowest BCUT2D eigenvalue weighted by Gasteiger charge is -2.28. The second kappa shape index (κ2) is 7.00. The molecular weight excluding hydrogens is 331 g/mol. The summed E-state index contributed by atoms with van der Waals surface area (Å²) in [6.45, 7) is 3.40. The van der Waals surface area contributed by atoms with Crippen molar-refractivity contribution < 1.29 is 17.6 Å². The summed E-state index contributed by atoms with van der Waals surface area (Å²) in [5.41, 5.74) is 1.85. The first-order chi connectivity index (χ1) is 11.2. The van der Waals surface area contributed by atoms with Crippen molar-refractivity contribution in [2.24, 2.45) is 0 Å². The Kier molecular flexibility index (Phi) is 5.23. The molecule has 0 aliphatic rings. The fraction of sp³-hybridized carbons (Fsp3) is 0.235. The van der Waals surface area contributed by atoms with Crippen molar-refractivity contribution in [1.82, 2.24) is 0 Å². The summed E-state index contributed by atoms with van der Waals surface area (Å²) in [5.74, 6) is -0.961. The van der Waals surface area contributed by atoms with E-state index < -0.39 is 27.8 Å². The van der Waals surface area contributed by atoms with E-state index >= 15 is 0 Å². The van der Waals surface area contributed by atoms with Gasteiger partial charge < -0.3 is 5.32 Å². The van der Waals surface area contributed by atoms with E-state index in [1.807, 2.05) is 19.1 Å². The number of nitrogens with zero attached hydrogens (tertiary/aromatic N) is 1. The molecule has 5 nitrogen and oxygen atoms in total. The lowest BCUT2D eigenvalue weighted by Crippen LogP contribution is -2.45. The zero-order chi connectivity index (χ0) is 17.9. The minimum absolute atomic E-state index is 0.227. The highest BCUT2D eigenvalue weighted by Crippen LogP contribution is 2.22. The number of hydrogen-bond donors (Lipinski definition) is 1. The molecule has 0 aliphatic heterocycles. The first-order valence-corrected chi connectivity index (χ1v) is 9.16. The molecule has 0 bridgehead atoms. The number of carbonyl (C=O) groups excluding carboxylic acids is 1. The van der Waals surface area contributed by atoms with E-state index in [4.69, 9.17) is 0 Å². The van der Waals surface area contributed by atoms with Gasteiger partial charge >= 0.3 is 0 Å². The average molecular weight is 350 g/mol. The maximum atomic E-state index is 13.1. The van der Waals surface area contributed by atoms with E-state index in [0.717, 1.165) is 28.3 Å². The van der Waals surface area contributed by atoms with Crippen LogP contribution in [0.3, 0.4) is 0 Å². The van der Waals surface area contributed by atoms with Crippen LogP contribution in [0, 0.1) is 12.7 Å². The van der Waals surface area contributed by atoms with Crippen LogP contribution in [0.25, 0.3) is 0 Å². The monoisotopic (exact) mass is 350 g/mol. The Hall–Kier alpha value is -2.41. The highest BCUT2D eigenvalue weighted by atomic mass is 32.2. The molecule has 2 aromatic carbocycles. The van der Waals surface area contributed by atoms with E-state index in [-0.39, 0.29) is 5.69 Å². The van der Waals surface area contributed by atoms with Gasteiger partial charge in [0.05, 0.1) is 11.9 Å². The summed E-state index contributed by atoms with van der Waals surface area (Å²) in [4.78, 5) is 12.4. The van der Waals surface area contributed by atoms with Crippen LogP contribution in [0.2, 0.25) is 0 Å². The van der Waals surface area contributed by atoms with Gasteiger partial charge in [-0.15, -0.1) is 0 Å². The zero-order valence-corrected chi connectivity index (χ0v) is 14.5. The number of carbonyl (C=O) groups is 1. The van der Waals surface area contributed by atoms with E-state index in [2.05, 4.69) is 5.32 Å². The predicted octanol–water partition coefficient (Wildman–Crippen LogP) is 2.93. The maximum absolute atomic E-state index is 13.1. The second-order valence-corrected chi connectivity index (χ2v) is 7.43. The van der Waals surface area contributed by atoms with Gasteiger partial charge in [0, 0.05) is 5.69 Å². The van der Waals surface area contributed by atoms with Crippen LogP contribution in [0.5, 0.6) is 0 Å². The Balaban J connectivity index is 2.27. The van der Waals surface area contributed by atoms with Gasteiger partial charge in [-0.1, -0.05) is 17.7 Å². The normalized spacial score (nSPS) is 12.5. The summed E-state index contributed by atoms with van der Waals surface area (Å²) in [7, 11) is -3.72. The molecule has 1 amide bonds. The van der Waals surface area contributed by atoms with Crippen molar-refractivity contribution in [2.75, 3.05) is 15.9 Å². The summed E-state index contributed by atoms with van der Waals surface area (Å²) in [5, 5.41) is 2.68. The standard InChI is InChI=1S/C17H19FN2O3S/c1-12-4-8-15(9-5-12)19-17(21)13(2)20(24(3,22)23)16-10-6-14(18)7-11-16/h4-11,13H,1-3H3,(H,19,21). The zero-order valence-electron chi connectivity index (χ0n) is 13.7. The van der Waals surface area contributed by atoms with E-state index in [1.54, 1.807) is 12.1 Å². The summed E-state index contributed by atoms with van der Waals surface area (Å²) in [6, 6.07) is 11.1. The SMILES string of the molecule is Cc1ccc(NC(=O)C(C)N(c2ccc(F)cc2)S(C)(=O)=O)cc1. The van der Waals surface area contributed by atoms with Crippen LogP contribution < -0.4 is 9.62 Å². The van der Waals surface area contributed by atoms with Crippen molar-refractivity contribution in [3.8, 4) is 0 Å². The molecule has 0 saturated heterocycles. The maximum Gasteiger partial charge on any atom is 0.247 e. The van der Waals surface area contributed by atoms with Crippen LogP contribution in [0.15, 0.2) is 48.5 Å². The molecule has 0 saturated carbocycles. The molecule has 128 valence electrons. The molecule has 1 atom stereocenters. The third kappa shape index (κ3) is 4.32. The number of anilines is 2. The average Bonchev–Trinajstić information content (AvgIpc) is 2.50. The first kappa shape index (κ1) is 17.9. The third-order valence-electron chi connectivity index (χ3n) is 3.49. The molecule has 1 N–H and O–H groups in total. The van der Waals surface area contributed by atoms with Gasteiger partial charge in [0.1, 0.15) is 11.9 Å². The number of sulfonamides is 1. The van der Waals surface area contributed by atoms with E-state index in [9.17, 15) is 17.6 Å². The van der Waals surface area contributed by atoms with Gasteiger partial charge in [0.2, 0.25) is 15.9 Å². The number of hydrogen-bond acceptors (Lipinski definition) is 3. The van der Waals surface area contributed by atoms with Gasteiger partial charge in [-0.2, -0.15) is 0 Å². The lowest BCUT2D eigenvalue weighted by atomic mass is 10.2. The van der Waals surface area contributed by atoms with Crippen molar-refractivity contribution in [2.45, 2.75) is 19.9 Å². The number of amides is 1. The number of halogens is 1. The topological polar surface area (TPSA) is 66.5 Å². The van der Waals surface area contributed by atoms with Crippen molar-refractivity contribution >= 4 is 27.3 Å². The highest BCUT2D eigenvalue weighted by Gasteiger charge is 2.29. The van der Waals surface area contributed by atoms with Gasteiger partial charge in [0.25, 0.3) is 0 Å². The summed E-state index contributed by atoms with van der Waals surface area (Å²) < 4.78 is 38.3. The van der Waals surface area contributed by atoms with Crippen LogP contribution in [-0.2, 0) is 14.8 Å². The highest BCUT2D eigenvalue weighted by molar-refractivity contribution is 7.92. The van der Waals surface area contributed by atoms with Crippen LogP contribution >= 0.6 is 0 Å². The Bertz CT molecular complexity index is 818. The molecule has 2 rings (SSSR count). The number of nitrogens with one attached hydrogen (secondary N) is 1. The Morgan fingerprint density at radius 3 is 2.12 bits per heavy atom. The van der Waals surface area contributed by atoms with Crippen molar-refractivity contribution in [3.63, 3.8) is 0 Å². The Morgan fingerprint density at radius 2 is 1.62 bits per heavy atom. The predicted molar refractivity (Wildman–Crippen MR) is 93.0 cm³/mol. The van der Waals surface area contributed by atoms with Crippen molar-refractivity contribution in [1.29, 1.82) is 0 Å². The lowest BCUT2D eigenvalue weighted by molar-refractivity contribution is -0.116. The number of benzene rings is 2. The summed E-state index contributed by atoms with van der Waals surface area (Å²) >= 11 is 0. The van der Waals surface area contributed by atoms with E-state index in [0.29, 0.717) is 5.69 Å². The largest absolute Gasteiger partial charge is 0.324 e. The number of aryl methyl sites for hydroxylation is 1. The molecule has 0 heterocycles. The van der Waals surface area contributed by atoms with Crippen molar-refractivity contribution in [3.05, 3.63) is 59.9 Å². The van der Waals surface area contributed by atoms with Gasteiger partial charge in [0.15, 0.2) is 0 Å². The molecule has 2 aromatic rings. The number of rotatable bonds is 5. The minimum atomic E-state index is -3.72. The Morgan fingerprint density at radius 1 is 1.08 bits per heavy atom. The molecule has 0 aromatic heterocycles. The van der Waals surface area contributed by atoms with Crippen LogP contribution in [0.1, 0.15) is 12.5 Å². The quantitative estimate of drug-likeness (QED) is 0.902. The second-order valence-electron chi connectivity index (χ2n) is 5.57. The molecule has 0 aliphatic carbocycles. The molecule has 0 radical (unpaired) electrons. The minimum Gasteiger partial charge on any atom is -0.324 e.